The summed E-state index contributed by atoms with van der Waals surface area (Å²) in [6, 6.07) is 3.94. The van der Waals surface area contributed by atoms with Crippen LogP contribution in [0, 0.1) is 0 Å². The van der Waals surface area contributed by atoms with Crippen LogP contribution in [0.1, 0.15) is 23.2 Å². The number of carbonyl (C=O) groups excluding carboxylic acids is 1. The SMILES string of the molecule is O=C(O)c1ccc(N2CCCC2=O)cc1[O-]. The Morgan fingerprint density at radius 3 is 2.69 bits per heavy atom. The van der Waals surface area contributed by atoms with Gasteiger partial charge >= 0.3 is 5.97 Å². The molecule has 1 heterocycles. The topological polar surface area (TPSA) is 80.7 Å². The fourth-order valence-corrected chi connectivity index (χ4v) is 1.78. The van der Waals surface area contributed by atoms with E-state index in [-0.39, 0.29) is 11.5 Å². The molecule has 1 aliphatic heterocycles. The summed E-state index contributed by atoms with van der Waals surface area (Å²) in [5, 5.41) is 20.1. The van der Waals surface area contributed by atoms with Crippen molar-refractivity contribution in [2.75, 3.05) is 11.4 Å². The monoisotopic (exact) mass is 220 g/mol. The van der Waals surface area contributed by atoms with Gasteiger partial charge in [-0.3, -0.25) is 4.79 Å². The minimum absolute atomic E-state index is 0.0255. The average molecular weight is 220 g/mol. The molecule has 1 amide bonds. The van der Waals surface area contributed by atoms with Gasteiger partial charge in [0.25, 0.3) is 0 Å². The Bertz CT molecular complexity index is 455. The molecule has 1 fully saturated rings. The van der Waals surface area contributed by atoms with Crippen LogP contribution in [0.2, 0.25) is 0 Å². The van der Waals surface area contributed by atoms with Gasteiger partial charge in [0.05, 0.1) is 5.56 Å². The first-order chi connectivity index (χ1) is 7.59. The Labute approximate surface area is 91.9 Å². The zero-order valence-corrected chi connectivity index (χ0v) is 8.47. The van der Waals surface area contributed by atoms with E-state index in [4.69, 9.17) is 5.11 Å². The van der Waals surface area contributed by atoms with Gasteiger partial charge in [-0.05, 0) is 24.6 Å². The largest absolute Gasteiger partial charge is 0.872 e. The third-order valence-corrected chi connectivity index (χ3v) is 2.58. The predicted octanol–water partition coefficient (Wildman–Crippen LogP) is 0.585. The van der Waals surface area contributed by atoms with Gasteiger partial charge in [0, 0.05) is 18.7 Å². The normalized spacial score (nSPS) is 15.5. The Morgan fingerprint density at radius 1 is 1.44 bits per heavy atom. The third kappa shape index (κ3) is 1.71. The van der Waals surface area contributed by atoms with Crippen LogP contribution in [0.5, 0.6) is 5.75 Å². The summed E-state index contributed by atoms with van der Waals surface area (Å²) in [4.78, 5) is 23.6. The number of anilines is 1. The molecule has 0 radical (unpaired) electrons. The van der Waals surface area contributed by atoms with Gasteiger partial charge in [0.2, 0.25) is 5.91 Å². The number of hydrogen-bond donors (Lipinski definition) is 1. The van der Waals surface area contributed by atoms with Crippen LogP contribution in [0.25, 0.3) is 0 Å². The van der Waals surface area contributed by atoms with Crippen LogP contribution in [0.15, 0.2) is 18.2 Å². The number of benzene rings is 1. The van der Waals surface area contributed by atoms with Gasteiger partial charge in [-0.2, -0.15) is 0 Å². The minimum Gasteiger partial charge on any atom is -0.872 e. The maximum Gasteiger partial charge on any atom is 0.335 e. The molecule has 0 unspecified atom stereocenters. The lowest BCUT2D eigenvalue weighted by Gasteiger charge is -2.19. The highest BCUT2D eigenvalue weighted by Crippen LogP contribution is 2.26. The molecule has 0 saturated carbocycles. The van der Waals surface area contributed by atoms with Gasteiger partial charge in [0.1, 0.15) is 0 Å². The maximum atomic E-state index is 11.4. The molecule has 1 N–H and O–H groups in total. The zero-order chi connectivity index (χ0) is 11.7. The van der Waals surface area contributed by atoms with Gasteiger partial charge in [-0.15, -0.1) is 0 Å². The van der Waals surface area contributed by atoms with Crippen LogP contribution < -0.4 is 10.0 Å². The molecule has 1 aromatic rings. The van der Waals surface area contributed by atoms with E-state index in [1.165, 1.54) is 23.1 Å². The summed E-state index contributed by atoms with van der Waals surface area (Å²) < 4.78 is 0. The molecule has 5 nitrogen and oxygen atoms in total. The van der Waals surface area contributed by atoms with Crippen molar-refractivity contribution in [2.24, 2.45) is 0 Å². The van der Waals surface area contributed by atoms with E-state index in [1.54, 1.807) is 0 Å². The summed E-state index contributed by atoms with van der Waals surface area (Å²) in [5.41, 5.74) is 0.216. The van der Waals surface area contributed by atoms with Gasteiger partial charge in [0.15, 0.2) is 0 Å². The van der Waals surface area contributed by atoms with Crippen molar-refractivity contribution in [1.82, 2.24) is 0 Å². The van der Waals surface area contributed by atoms with E-state index in [1.807, 2.05) is 0 Å². The second kappa shape index (κ2) is 3.84. The molecule has 2 rings (SSSR count). The second-order valence-corrected chi connectivity index (χ2v) is 3.63. The van der Waals surface area contributed by atoms with Crippen LogP contribution in [0.4, 0.5) is 5.69 Å². The molecule has 0 aliphatic carbocycles. The number of carbonyl (C=O) groups is 2. The van der Waals surface area contributed by atoms with Crippen molar-refractivity contribution in [3.8, 4) is 5.75 Å². The molecular formula is C11H10NO4-. The maximum absolute atomic E-state index is 11.4. The van der Waals surface area contributed by atoms with E-state index in [0.717, 1.165) is 6.42 Å². The molecule has 1 saturated heterocycles. The van der Waals surface area contributed by atoms with E-state index in [2.05, 4.69) is 0 Å². The van der Waals surface area contributed by atoms with E-state index < -0.39 is 11.7 Å². The Morgan fingerprint density at radius 2 is 2.19 bits per heavy atom. The highest BCUT2D eigenvalue weighted by molar-refractivity contribution is 5.97. The molecule has 0 bridgehead atoms. The molecule has 0 aromatic heterocycles. The number of aromatic carboxylic acids is 1. The molecule has 5 heteroatoms. The molecule has 0 spiro atoms. The molecule has 0 atom stereocenters. The predicted molar refractivity (Wildman–Crippen MR) is 54.4 cm³/mol. The van der Waals surface area contributed by atoms with Crippen molar-refractivity contribution >= 4 is 17.6 Å². The Hall–Kier alpha value is -2.04. The van der Waals surface area contributed by atoms with E-state index >= 15 is 0 Å². The number of hydrogen-bond acceptors (Lipinski definition) is 3. The van der Waals surface area contributed by atoms with Crippen molar-refractivity contribution in [3.05, 3.63) is 23.8 Å². The van der Waals surface area contributed by atoms with Crippen LogP contribution in [-0.2, 0) is 4.79 Å². The molecular weight excluding hydrogens is 210 g/mol. The lowest BCUT2D eigenvalue weighted by molar-refractivity contribution is -0.268. The van der Waals surface area contributed by atoms with E-state index in [9.17, 15) is 14.7 Å². The fourth-order valence-electron chi connectivity index (χ4n) is 1.78. The summed E-state index contributed by atoms with van der Waals surface area (Å²) in [6.45, 7) is 0.588. The molecule has 1 aromatic carbocycles. The molecule has 84 valence electrons. The number of nitrogens with zero attached hydrogens (tertiary/aromatic N) is 1. The second-order valence-electron chi connectivity index (χ2n) is 3.63. The lowest BCUT2D eigenvalue weighted by Crippen LogP contribution is -2.23. The summed E-state index contributed by atoms with van der Waals surface area (Å²) in [5.74, 6) is -1.84. The Kier molecular flexibility index (Phi) is 2.52. The first-order valence-electron chi connectivity index (χ1n) is 4.94. The van der Waals surface area contributed by atoms with Crippen molar-refractivity contribution in [2.45, 2.75) is 12.8 Å². The highest BCUT2D eigenvalue weighted by atomic mass is 16.4. The van der Waals surface area contributed by atoms with Crippen molar-refractivity contribution in [1.29, 1.82) is 0 Å². The van der Waals surface area contributed by atoms with Gasteiger partial charge < -0.3 is 15.1 Å². The van der Waals surface area contributed by atoms with Crippen LogP contribution >= 0.6 is 0 Å². The van der Waals surface area contributed by atoms with Crippen LogP contribution in [0.3, 0.4) is 0 Å². The summed E-state index contributed by atoms with van der Waals surface area (Å²) >= 11 is 0. The smallest absolute Gasteiger partial charge is 0.335 e. The highest BCUT2D eigenvalue weighted by Gasteiger charge is 2.21. The van der Waals surface area contributed by atoms with Crippen LogP contribution in [-0.4, -0.2) is 23.5 Å². The number of rotatable bonds is 2. The summed E-state index contributed by atoms with van der Waals surface area (Å²) in [6.07, 6.45) is 1.25. The molecule has 16 heavy (non-hydrogen) atoms. The first kappa shape index (κ1) is 10.5. The number of amides is 1. The van der Waals surface area contributed by atoms with E-state index in [0.29, 0.717) is 18.7 Å². The fraction of sp³-hybridized carbons (Fsp3) is 0.273. The van der Waals surface area contributed by atoms with Gasteiger partial charge in [-0.25, -0.2) is 4.79 Å². The standard InChI is InChI=1S/C11H11NO4/c13-9-6-7(3-4-8(9)11(15)16)12-5-1-2-10(12)14/h3-4,6,13H,1-2,5H2,(H,15,16)/p-1. The number of carboxylic acids is 1. The van der Waals surface area contributed by atoms with Gasteiger partial charge in [-0.1, -0.05) is 5.75 Å². The Balaban J connectivity index is 2.34. The van der Waals surface area contributed by atoms with Crippen molar-refractivity contribution < 1.29 is 19.8 Å². The van der Waals surface area contributed by atoms with Crippen molar-refractivity contribution in [3.63, 3.8) is 0 Å². The quantitative estimate of drug-likeness (QED) is 0.790. The first-order valence-corrected chi connectivity index (χ1v) is 4.94. The minimum atomic E-state index is -1.25. The average Bonchev–Trinajstić information content (AvgIpc) is 2.63. The zero-order valence-electron chi connectivity index (χ0n) is 8.47. The summed E-state index contributed by atoms with van der Waals surface area (Å²) in [7, 11) is 0. The third-order valence-electron chi connectivity index (χ3n) is 2.58. The number of carboxylic acid groups (broad SMARTS) is 1. The molecule has 1 aliphatic rings. The lowest BCUT2D eigenvalue weighted by atomic mass is 10.1.